The standard InChI is InChI=1S/C10H19F3N4O/c1-2-8(9(14)15-18)17-5-3-16(4-6-17)7-10(11,12)13/h8,18H,2-7H2,1H3,(H2,14,15). The Bertz CT molecular complexity index is 287. The lowest BCUT2D eigenvalue weighted by Crippen LogP contribution is -2.55. The topological polar surface area (TPSA) is 65.1 Å². The summed E-state index contributed by atoms with van der Waals surface area (Å²) < 4.78 is 36.7. The van der Waals surface area contributed by atoms with E-state index in [1.54, 1.807) is 0 Å². The molecule has 1 fully saturated rings. The van der Waals surface area contributed by atoms with Gasteiger partial charge in [-0.25, -0.2) is 0 Å². The summed E-state index contributed by atoms with van der Waals surface area (Å²) in [6.45, 7) is 2.69. The Kier molecular flexibility index (Phi) is 5.21. The van der Waals surface area contributed by atoms with Gasteiger partial charge in [0.05, 0.1) is 12.6 Å². The zero-order valence-electron chi connectivity index (χ0n) is 10.3. The summed E-state index contributed by atoms with van der Waals surface area (Å²) in [7, 11) is 0. The minimum atomic E-state index is -4.15. The quantitative estimate of drug-likeness (QED) is 0.341. The van der Waals surface area contributed by atoms with Crippen LogP contribution >= 0.6 is 0 Å². The molecule has 1 aliphatic rings. The molecular formula is C10H19F3N4O. The molecule has 0 radical (unpaired) electrons. The number of hydrogen-bond donors (Lipinski definition) is 2. The zero-order chi connectivity index (χ0) is 13.8. The van der Waals surface area contributed by atoms with Crippen LogP contribution in [0.25, 0.3) is 0 Å². The smallest absolute Gasteiger partial charge is 0.401 e. The normalized spacial score (nSPS) is 22.1. The van der Waals surface area contributed by atoms with Gasteiger partial charge in [-0.3, -0.25) is 9.80 Å². The van der Waals surface area contributed by atoms with E-state index in [2.05, 4.69) is 5.16 Å². The Labute approximate surface area is 104 Å². The van der Waals surface area contributed by atoms with Crippen molar-refractivity contribution in [3.8, 4) is 0 Å². The van der Waals surface area contributed by atoms with Crippen molar-refractivity contribution in [3.05, 3.63) is 0 Å². The molecule has 0 aromatic rings. The maximum atomic E-state index is 12.2. The summed E-state index contributed by atoms with van der Waals surface area (Å²) in [5.74, 6) is 0.113. The van der Waals surface area contributed by atoms with Gasteiger partial charge in [-0.2, -0.15) is 13.2 Å². The minimum Gasteiger partial charge on any atom is -0.409 e. The average molecular weight is 268 g/mol. The second kappa shape index (κ2) is 6.24. The van der Waals surface area contributed by atoms with Gasteiger partial charge >= 0.3 is 6.18 Å². The highest BCUT2D eigenvalue weighted by molar-refractivity contribution is 5.85. The fraction of sp³-hybridized carbons (Fsp3) is 0.900. The summed E-state index contributed by atoms with van der Waals surface area (Å²) in [4.78, 5) is 3.32. The van der Waals surface area contributed by atoms with Crippen molar-refractivity contribution in [2.75, 3.05) is 32.7 Å². The van der Waals surface area contributed by atoms with E-state index in [0.29, 0.717) is 32.6 Å². The van der Waals surface area contributed by atoms with Gasteiger partial charge in [0.2, 0.25) is 0 Å². The molecule has 0 bridgehead atoms. The molecule has 1 atom stereocenters. The van der Waals surface area contributed by atoms with Gasteiger partial charge in [0.1, 0.15) is 0 Å². The molecular weight excluding hydrogens is 249 g/mol. The number of alkyl halides is 3. The number of oxime groups is 1. The van der Waals surface area contributed by atoms with Crippen molar-refractivity contribution in [2.45, 2.75) is 25.6 Å². The van der Waals surface area contributed by atoms with E-state index in [9.17, 15) is 13.2 Å². The van der Waals surface area contributed by atoms with Crippen LogP contribution in [0.4, 0.5) is 13.2 Å². The lowest BCUT2D eigenvalue weighted by Gasteiger charge is -2.38. The van der Waals surface area contributed by atoms with Crippen LogP contribution in [0.2, 0.25) is 0 Å². The Morgan fingerprint density at radius 1 is 1.33 bits per heavy atom. The van der Waals surface area contributed by atoms with E-state index >= 15 is 0 Å². The van der Waals surface area contributed by atoms with Gasteiger partial charge in [0.25, 0.3) is 0 Å². The Balaban J connectivity index is 2.48. The molecule has 8 heteroatoms. The summed E-state index contributed by atoms with van der Waals surface area (Å²) in [5.41, 5.74) is 5.56. The predicted octanol–water partition coefficient (Wildman–Crippen LogP) is 0.691. The summed E-state index contributed by atoms with van der Waals surface area (Å²) in [5, 5.41) is 11.6. The first kappa shape index (κ1) is 15.0. The molecule has 0 spiro atoms. The van der Waals surface area contributed by atoms with Crippen molar-refractivity contribution < 1.29 is 18.4 Å². The second-order valence-corrected chi connectivity index (χ2v) is 4.38. The molecule has 1 heterocycles. The summed E-state index contributed by atoms with van der Waals surface area (Å²) in [6, 6.07) is -0.206. The van der Waals surface area contributed by atoms with Gasteiger partial charge in [-0.1, -0.05) is 12.1 Å². The van der Waals surface area contributed by atoms with Crippen molar-refractivity contribution >= 4 is 5.84 Å². The van der Waals surface area contributed by atoms with Crippen LogP contribution in [0.3, 0.4) is 0 Å². The molecule has 106 valence electrons. The number of piperazine rings is 1. The van der Waals surface area contributed by atoms with E-state index in [-0.39, 0.29) is 11.9 Å². The average Bonchev–Trinajstić information content (AvgIpc) is 2.30. The van der Waals surface area contributed by atoms with E-state index in [4.69, 9.17) is 10.9 Å². The van der Waals surface area contributed by atoms with E-state index in [1.807, 2.05) is 11.8 Å². The molecule has 1 rings (SSSR count). The van der Waals surface area contributed by atoms with Crippen LogP contribution in [0, 0.1) is 0 Å². The number of hydrogen-bond acceptors (Lipinski definition) is 4. The summed E-state index contributed by atoms with van der Waals surface area (Å²) in [6.07, 6.45) is -3.49. The van der Waals surface area contributed by atoms with Gasteiger partial charge < -0.3 is 10.9 Å². The van der Waals surface area contributed by atoms with Crippen LogP contribution < -0.4 is 5.73 Å². The zero-order valence-corrected chi connectivity index (χ0v) is 10.3. The molecule has 1 aliphatic heterocycles. The molecule has 0 saturated carbocycles. The van der Waals surface area contributed by atoms with Crippen LogP contribution in [0.5, 0.6) is 0 Å². The molecule has 1 unspecified atom stereocenters. The SMILES string of the molecule is CCC(C(N)=NO)N1CCN(CC(F)(F)F)CC1. The van der Waals surface area contributed by atoms with Crippen molar-refractivity contribution in [1.29, 1.82) is 0 Å². The predicted molar refractivity (Wildman–Crippen MR) is 61.6 cm³/mol. The number of rotatable bonds is 4. The lowest BCUT2D eigenvalue weighted by molar-refractivity contribution is -0.149. The van der Waals surface area contributed by atoms with E-state index in [0.717, 1.165) is 0 Å². The molecule has 1 saturated heterocycles. The second-order valence-electron chi connectivity index (χ2n) is 4.38. The largest absolute Gasteiger partial charge is 0.409 e. The number of nitrogens with zero attached hydrogens (tertiary/aromatic N) is 3. The first-order chi connectivity index (χ1) is 8.37. The first-order valence-corrected chi connectivity index (χ1v) is 5.88. The first-order valence-electron chi connectivity index (χ1n) is 5.88. The molecule has 0 amide bonds. The maximum absolute atomic E-state index is 12.2. The van der Waals surface area contributed by atoms with Crippen molar-refractivity contribution in [1.82, 2.24) is 9.80 Å². The fourth-order valence-corrected chi connectivity index (χ4v) is 2.21. The molecule has 0 aliphatic carbocycles. The van der Waals surface area contributed by atoms with Gasteiger partial charge in [0.15, 0.2) is 5.84 Å². The lowest BCUT2D eigenvalue weighted by atomic mass is 10.1. The van der Waals surface area contributed by atoms with Crippen LogP contribution in [-0.2, 0) is 0 Å². The van der Waals surface area contributed by atoms with Gasteiger partial charge in [-0.05, 0) is 6.42 Å². The molecule has 3 N–H and O–H groups in total. The van der Waals surface area contributed by atoms with Crippen LogP contribution in [0.15, 0.2) is 5.16 Å². The van der Waals surface area contributed by atoms with E-state index < -0.39 is 12.7 Å². The van der Waals surface area contributed by atoms with Crippen LogP contribution in [-0.4, -0.2) is 65.8 Å². The minimum absolute atomic E-state index is 0.113. The van der Waals surface area contributed by atoms with Crippen LogP contribution in [0.1, 0.15) is 13.3 Å². The number of amidine groups is 1. The molecule has 5 nitrogen and oxygen atoms in total. The maximum Gasteiger partial charge on any atom is 0.401 e. The van der Waals surface area contributed by atoms with E-state index in [1.165, 1.54) is 4.90 Å². The highest BCUT2D eigenvalue weighted by Crippen LogP contribution is 2.18. The molecule has 18 heavy (non-hydrogen) atoms. The highest BCUT2D eigenvalue weighted by Gasteiger charge is 2.33. The fourth-order valence-electron chi connectivity index (χ4n) is 2.21. The highest BCUT2D eigenvalue weighted by atomic mass is 19.4. The third-order valence-corrected chi connectivity index (χ3v) is 3.09. The third-order valence-electron chi connectivity index (χ3n) is 3.09. The Morgan fingerprint density at radius 3 is 2.28 bits per heavy atom. The monoisotopic (exact) mass is 268 g/mol. The Morgan fingerprint density at radius 2 is 1.89 bits per heavy atom. The number of nitrogens with two attached hydrogens (primary N) is 1. The molecule has 0 aromatic carbocycles. The summed E-state index contributed by atoms with van der Waals surface area (Å²) >= 11 is 0. The third kappa shape index (κ3) is 4.34. The van der Waals surface area contributed by atoms with Gasteiger partial charge in [0, 0.05) is 26.2 Å². The molecule has 0 aromatic heterocycles. The number of halogens is 3. The van der Waals surface area contributed by atoms with Crippen molar-refractivity contribution in [2.24, 2.45) is 10.9 Å². The van der Waals surface area contributed by atoms with Gasteiger partial charge in [-0.15, -0.1) is 0 Å². The van der Waals surface area contributed by atoms with Crippen molar-refractivity contribution in [3.63, 3.8) is 0 Å². The Hall–Kier alpha value is -1.02.